The molecule has 0 aliphatic rings. The van der Waals surface area contributed by atoms with Crippen molar-refractivity contribution in [2.75, 3.05) is 0 Å². The molecule has 2 rings (SSSR count). The lowest BCUT2D eigenvalue weighted by Crippen LogP contribution is -1.98. The van der Waals surface area contributed by atoms with Crippen LogP contribution < -0.4 is 4.74 Å². The fourth-order valence-corrected chi connectivity index (χ4v) is 1.91. The summed E-state index contributed by atoms with van der Waals surface area (Å²) in [7, 11) is 0. The first-order valence-corrected chi connectivity index (χ1v) is 5.87. The van der Waals surface area contributed by atoms with E-state index < -0.39 is 0 Å². The van der Waals surface area contributed by atoms with Gasteiger partial charge in [0.2, 0.25) is 6.29 Å². The van der Waals surface area contributed by atoms with Crippen molar-refractivity contribution in [3.8, 4) is 5.75 Å². The average molecular weight is 239 g/mol. The van der Waals surface area contributed by atoms with Crippen LogP contribution in [0.3, 0.4) is 0 Å². The Morgan fingerprint density at radius 2 is 1.67 bits per heavy atom. The summed E-state index contributed by atoms with van der Waals surface area (Å²) in [6.07, 6.45) is 1.96. The molecule has 0 aromatic heterocycles. The molecule has 0 unspecified atom stereocenters. The van der Waals surface area contributed by atoms with Crippen LogP contribution in [0.25, 0.3) is 0 Å². The fourth-order valence-electron chi connectivity index (χ4n) is 1.91. The second-order valence-electron chi connectivity index (χ2n) is 4.31. The summed E-state index contributed by atoms with van der Waals surface area (Å²) in [6.45, 7) is 4.31. The number of hydrogen-bond acceptors (Lipinski definition) is 2. The van der Waals surface area contributed by atoms with Gasteiger partial charge in [0.25, 0.3) is 0 Å². The molecule has 2 nitrogen and oxygen atoms in total. The van der Waals surface area contributed by atoms with Gasteiger partial charge in [0, 0.05) is 5.56 Å². The zero-order valence-corrected chi connectivity index (χ0v) is 10.6. The number of rotatable bonds is 4. The van der Waals surface area contributed by atoms with Crippen LogP contribution >= 0.6 is 0 Å². The molecule has 0 spiro atoms. The summed E-state index contributed by atoms with van der Waals surface area (Å²) in [5.41, 5.74) is 3.54. The molecule has 18 heavy (non-hydrogen) atoms. The van der Waals surface area contributed by atoms with E-state index in [1.54, 1.807) is 0 Å². The molecule has 2 aromatic carbocycles. The number of ether oxygens (including phenoxy) is 1. The summed E-state index contributed by atoms with van der Waals surface area (Å²) in [5.74, 6) is 0.785. The van der Waals surface area contributed by atoms with Crippen LogP contribution in [0.4, 0.5) is 0 Å². The highest BCUT2D eigenvalue weighted by atomic mass is 16.5. The minimum atomic E-state index is 0.532. The third-order valence-electron chi connectivity index (χ3n) is 2.86. The Hall–Kier alpha value is -2.09. The molecule has 0 fully saturated rings. The van der Waals surface area contributed by atoms with E-state index in [0.29, 0.717) is 12.2 Å². The Kier molecular flexibility index (Phi) is 3.78. The van der Waals surface area contributed by atoms with Gasteiger partial charge in [-0.05, 0) is 42.7 Å². The predicted octanol–water partition coefficient (Wildman–Crippen LogP) is 3.34. The van der Waals surface area contributed by atoms with Crippen LogP contribution in [0.2, 0.25) is 0 Å². The summed E-state index contributed by atoms with van der Waals surface area (Å²) >= 11 is 0. The van der Waals surface area contributed by atoms with Crippen LogP contribution in [0, 0.1) is 13.8 Å². The third-order valence-corrected chi connectivity index (χ3v) is 2.86. The highest BCUT2D eigenvalue weighted by molar-refractivity contribution is 5.80. The minimum absolute atomic E-state index is 0.532. The normalized spacial score (nSPS) is 10.1. The van der Waals surface area contributed by atoms with Crippen LogP contribution in [-0.2, 0) is 11.4 Å². The number of benzene rings is 2. The number of carbonyl (C=O) groups excluding carboxylic acids is 1. The molecule has 0 amide bonds. The Bertz CT molecular complexity index is 521. The second-order valence-corrected chi connectivity index (χ2v) is 4.31. The van der Waals surface area contributed by atoms with E-state index in [-0.39, 0.29) is 0 Å². The van der Waals surface area contributed by atoms with Crippen LogP contribution in [0.1, 0.15) is 22.3 Å². The average Bonchev–Trinajstić information content (AvgIpc) is 2.37. The highest BCUT2D eigenvalue weighted by Gasteiger charge is 2.05. The van der Waals surface area contributed by atoms with Crippen LogP contribution in [0.15, 0.2) is 42.5 Å². The summed E-state index contributed by atoms with van der Waals surface area (Å²) < 4.78 is 5.72. The van der Waals surface area contributed by atoms with Crippen molar-refractivity contribution in [3.05, 3.63) is 64.7 Å². The Balaban J connectivity index is 2.13. The van der Waals surface area contributed by atoms with Gasteiger partial charge in [-0.1, -0.05) is 30.3 Å². The van der Waals surface area contributed by atoms with Crippen molar-refractivity contribution < 1.29 is 9.53 Å². The first kappa shape index (κ1) is 12.4. The molecule has 0 saturated carbocycles. The molecule has 1 radical (unpaired) electrons. The largest absolute Gasteiger partial charge is 0.489 e. The predicted molar refractivity (Wildman–Crippen MR) is 71.5 cm³/mol. The molecule has 2 heteroatoms. The van der Waals surface area contributed by atoms with E-state index in [4.69, 9.17) is 4.74 Å². The topological polar surface area (TPSA) is 26.3 Å². The lowest BCUT2D eigenvalue weighted by molar-refractivity contribution is 0.306. The van der Waals surface area contributed by atoms with Gasteiger partial charge >= 0.3 is 0 Å². The molecule has 0 bridgehead atoms. The molecule has 0 aliphatic carbocycles. The van der Waals surface area contributed by atoms with Crippen molar-refractivity contribution in [2.45, 2.75) is 20.5 Å². The zero-order valence-electron chi connectivity index (χ0n) is 10.6. The van der Waals surface area contributed by atoms with E-state index >= 15 is 0 Å². The van der Waals surface area contributed by atoms with Gasteiger partial charge in [0.1, 0.15) is 12.4 Å². The molecular weight excluding hydrogens is 224 g/mol. The van der Waals surface area contributed by atoms with Crippen molar-refractivity contribution in [1.29, 1.82) is 0 Å². The Morgan fingerprint density at radius 3 is 2.22 bits per heavy atom. The van der Waals surface area contributed by atoms with E-state index in [1.807, 2.05) is 62.6 Å². The molecule has 0 heterocycles. The molecule has 0 saturated heterocycles. The minimum Gasteiger partial charge on any atom is -0.489 e. The molecule has 2 aromatic rings. The lowest BCUT2D eigenvalue weighted by atomic mass is 10.0. The summed E-state index contributed by atoms with van der Waals surface area (Å²) in [5, 5.41) is 0. The van der Waals surface area contributed by atoms with Crippen LogP contribution in [0.5, 0.6) is 5.75 Å². The van der Waals surface area contributed by atoms with E-state index in [0.717, 1.165) is 22.4 Å². The number of hydrogen-bond donors (Lipinski definition) is 0. The van der Waals surface area contributed by atoms with Gasteiger partial charge in [-0.15, -0.1) is 0 Å². The van der Waals surface area contributed by atoms with Crippen molar-refractivity contribution in [3.63, 3.8) is 0 Å². The molecule has 0 aliphatic heterocycles. The maximum Gasteiger partial charge on any atom is 0.234 e. The van der Waals surface area contributed by atoms with Gasteiger partial charge in [-0.25, -0.2) is 0 Å². The third kappa shape index (κ3) is 2.77. The molecule has 91 valence electrons. The zero-order chi connectivity index (χ0) is 13.0. The Labute approximate surface area is 107 Å². The standard InChI is InChI=1S/C16H15O2/c1-12-8-15(9-13(2)16(12)10-17)18-11-14-6-4-3-5-7-14/h3-9H,11H2,1-2H3. The Morgan fingerprint density at radius 1 is 1.06 bits per heavy atom. The van der Waals surface area contributed by atoms with Gasteiger partial charge in [0.15, 0.2) is 0 Å². The second kappa shape index (κ2) is 5.50. The smallest absolute Gasteiger partial charge is 0.234 e. The van der Waals surface area contributed by atoms with Gasteiger partial charge in [0.05, 0.1) is 0 Å². The molecule has 0 atom stereocenters. The molecule has 0 N–H and O–H groups in total. The SMILES string of the molecule is Cc1cc(OCc2ccccc2)cc(C)c1[C]=O. The van der Waals surface area contributed by atoms with Gasteiger partial charge in [-0.2, -0.15) is 0 Å². The van der Waals surface area contributed by atoms with E-state index in [2.05, 4.69) is 0 Å². The van der Waals surface area contributed by atoms with Crippen molar-refractivity contribution >= 4 is 6.29 Å². The lowest BCUT2D eigenvalue weighted by Gasteiger charge is -2.10. The maximum absolute atomic E-state index is 10.8. The highest BCUT2D eigenvalue weighted by Crippen LogP contribution is 2.21. The quantitative estimate of drug-likeness (QED) is 0.818. The summed E-state index contributed by atoms with van der Waals surface area (Å²) in [4.78, 5) is 10.8. The van der Waals surface area contributed by atoms with Gasteiger partial charge < -0.3 is 4.74 Å². The van der Waals surface area contributed by atoms with E-state index in [1.165, 1.54) is 0 Å². The van der Waals surface area contributed by atoms with Crippen molar-refractivity contribution in [2.24, 2.45) is 0 Å². The maximum atomic E-state index is 10.8. The molecular formula is C16H15O2. The van der Waals surface area contributed by atoms with Crippen molar-refractivity contribution in [1.82, 2.24) is 0 Å². The number of aryl methyl sites for hydroxylation is 2. The van der Waals surface area contributed by atoms with Crippen LogP contribution in [-0.4, -0.2) is 6.29 Å². The summed E-state index contributed by atoms with van der Waals surface area (Å²) in [6, 6.07) is 13.7. The first-order chi connectivity index (χ1) is 8.70. The monoisotopic (exact) mass is 239 g/mol. The first-order valence-electron chi connectivity index (χ1n) is 5.87. The fraction of sp³-hybridized carbons (Fsp3) is 0.188. The van der Waals surface area contributed by atoms with E-state index in [9.17, 15) is 4.79 Å². The van der Waals surface area contributed by atoms with Gasteiger partial charge in [-0.3, -0.25) is 4.79 Å².